The third-order valence-corrected chi connectivity index (χ3v) is 5.39. The van der Waals surface area contributed by atoms with Crippen molar-refractivity contribution in [2.24, 2.45) is 0 Å². The maximum atomic E-state index is 12.5. The zero-order valence-corrected chi connectivity index (χ0v) is 15.8. The van der Waals surface area contributed by atoms with Crippen molar-refractivity contribution in [3.8, 4) is 11.1 Å². The van der Waals surface area contributed by atoms with E-state index in [1.165, 1.54) is 6.07 Å². The number of H-pyrrole nitrogens is 1. The maximum Gasteiger partial charge on any atom is 0.412 e. The van der Waals surface area contributed by atoms with Gasteiger partial charge in [-0.25, -0.2) is 9.59 Å². The average Bonchev–Trinajstić information content (AvgIpc) is 3.31. The molecule has 0 aliphatic heterocycles. The molecule has 1 amide bonds. The molecule has 0 unspecified atom stereocenters. The minimum Gasteiger partial charge on any atom is -0.478 e. The molecule has 148 valence electrons. The van der Waals surface area contributed by atoms with Crippen LogP contribution in [0.4, 0.5) is 10.6 Å². The first kappa shape index (κ1) is 17.9. The van der Waals surface area contributed by atoms with Crippen molar-refractivity contribution in [1.82, 2.24) is 10.2 Å². The maximum absolute atomic E-state index is 12.5. The molecule has 3 N–H and O–H groups in total. The van der Waals surface area contributed by atoms with E-state index in [4.69, 9.17) is 4.74 Å². The molecule has 0 radical (unpaired) electrons. The molecule has 5 rings (SSSR count). The third kappa shape index (κ3) is 2.88. The number of carboxylic acids is 1. The number of anilines is 1. The van der Waals surface area contributed by atoms with Gasteiger partial charge in [-0.05, 0) is 34.4 Å². The van der Waals surface area contributed by atoms with Gasteiger partial charge in [-0.15, -0.1) is 0 Å². The number of fused-ring (bicyclic) bond motifs is 4. The Morgan fingerprint density at radius 3 is 2.30 bits per heavy atom. The Morgan fingerprint density at radius 1 is 0.967 bits per heavy atom. The third-order valence-electron chi connectivity index (χ3n) is 5.39. The second kappa shape index (κ2) is 7.04. The topological polar surface area (TPSA) is 104 Å². The summed E-state index contributed by atoms with van der Waals surface area (Å²) in [7, 11) is 0. The summed E-state index contributed by atoms with van der Waals surface area (Å²) in [6, 6.07) is 21.0. The van der Waals surface area contributed by atoms with Gasteiger partial charge in [0, 0.05) is 11.3 Å². The fraction of sp³-hybridized carbons (Fsp3) is 0.0870. The molecular weight excluding hydrogens is 382 g/mol. The monoisotopic (exact) mass is 399 g/mol. The fourth-order valence-corrected chi connectivity index (χ4v) is 4.05. The van der Waals surface area contributed by atoms with Crippen LogP contribution in [-0.4, -0.2) is 34.0 Å². The van der Waals surface area contributed by atoms with E-state index in [2.05, 4.69) is 39.8 Å². The highest BCUT2D eigenvalue weighted by atomic mass is 16.5. The Bertz CT molecular complexity index is 1250. The highest BCUT2D eigenvalue weighted by molar-refractivity contribution is 6.06. The predicted octanol–water partition coefficient (Wildman–Crippen LogP) is 4.62. The average molecular weight is 399 g/mol. The molecule has 0 spiro atoms. The first-order valence-electron chi connectivity index (χ1n) is 9.46. The first-order chi connectivity index (χ1) is 14.6. The van der Waals surface area contributed by atoms with Crippen molar-refractivity contribution in [2.75, 3.05) is 11.9 Å². The molecule has 1 heterocycles. The number of carbonyl (C=O) groups is 2. The van der Waals surface area contributed by atoms with E-state index in [9.17, 15) is 14.7 Å². The molecule has 1 aromatic heterocycles. The van der Waals surface area contributed by atoms with E-state index < -0.39 is 12.1 Å². The number of para-hydroxylation sites is 1. The molecule has 1 aliphatic carbocycles. The van der Waals surface area contributed by atoms with E-state index in [1.807, 2.05) is 24.3 Å². The number of carboxylic acid groups (broad SMARTS) is 1. The second-order valence-corrected chi connectivity index (χ2v) is 7.06. The Morgan fingerprint density at radius 2 is 1.63 bits per heavy atom. The summed E-state index contributed by atoms with van der Waals surface area (Å²) in [5, 5.41) is 19.1. The van der Waals surface area contributed by atoms with Crippen molar-refractivity contribution in [3.63, 3.8) is 0 Å². The summed E-state index contributed by atoms with van der Waals surface area (Å²) in [6.07, 6.45) is -0.647. The molecule has 0 saturated heterocycles. The van der Waals surface area contributed by atoms with Crippen LogP contribution < -0.4 is 5.32 Å². The number of aromatic amines is 1. The van der Waals surface area contributed by atoms with Gasteiger partial charge in [0.15, 0.2) is 5.82 Å². The van der Waals surface area contributed by atoms with Gasteiger partial charge < -0.3 is 9.84 Å². The van der Waals surface area contributed by atoms with Crippen LogP contribution in [0.3, 0.4) is 0 Å². The summed E-state index contributed by atoms with van der Waals surface area (Å²) in [5.74, 6) is -0.889. The number of nitrogens with one attached hydrogen (secondary N) is 2. The smallest absolute Gasteiger partial charge is 0.412 e. The minimum absolute atomic E-state index is 0.0438. The molecular formula is C23H17N3O4. The van der Waals surface area contributed by atoms with Gasteiger partial charge in [0.25, 0.3) is 0 Å². The normalized spacial score (nSPS) is 12.4. The SMILES string of the molecule is O=C(Nc1n[nH]c2c(C(=O)O)cccc12)OCC1c2ccccc2-c2ccccc21. The fourth-order valence-electron chi connectivity index (χ4n) is 4.05. The number of rotatable bonds is 4. The molecule has 3 aromatic carbocycles. The standard InChI is InChI=1S/C23H17N3O4/c27-22(28)18-11-5-10-17-20(18)25-26-21(17)24-23(29)30-12-19-15-8-3-1-6-13(15)14-7-2-4-9-16(14)19/h1-11,19H,12H2,(H,27,28)(H2,24,25,26,29). The summed E-state index contributed by atoms with van der Waals surface area (Å²) in [4.78, 5) is 23.8. The number of amides is 1. The van der Waals surface area contributed by atoms with E-state index in [-0.39, 0.29) is 23.9 Å². The van der Waals surface area contributed by atoms with Crippen LogP contribution in [-0.2, 0) is 4.74 Å². The van der Waals surface area contributed by atoms with Gasteiger partial charge in [0.1, 0.15) is 6.61 Å². The van der Waals surface area contributed by atoms with Crippen molar-refractivity contribution < 1.29 is 19.4 Å². The van der Waals surface area contributed by atoms with E-state index in [0.29, 0.717) is 10.9 Å². The van der Waals surface area contributed by atoms with Crippen LogP contribution in [0.1, 0.15) is 27.4 Å². The Balaban J connectivity index is 1.35. The number of aromatic nitrogens is 2. The molecule has 0 fully saturated rings. The van der Waals surface area contributed by atoms with Gasteiger partial charge in [0.05, 0.1) is 11.1 Å². The van der Waals surface area contributed by atoms with Gasteiger partial charge in [-0.2, -0.15) is 5.10 Å². The van der Waals surface area contributed by atoms with E-state index >= 15 is 0 Å². The van der Waals surface area contributed by atoms with Crippen LogP contribution >= 0.6 is 0 Å². The van der Waals surface area contributed by atoms with Crippen LogP contribution in [0.15, 0.2) is 66.7 Å². The lowest BCUT2D eigenvalue weighted by Crippen LogP contribution is -2.18. The Labute approximate surface area is 171 Å². The minimum atomic E-state index is -1.07. The van der Waals surface area contributed by atoms with Crippen LogP contribution in [0, 0.1) is 0 Å². The van der Waals surface area contributed by atoms with Crippen molar-refractivity contribution in [3.05, 3.63) is 83.4 Å². The Kier molecular flexibility index (Phi) is 4.21. The molecule has 1 aliphatic rings. The quantitative estimate of drug-likeness (QED) is 0.464. The van der Waals surface area contributed by atoms with E-state index in [0.717, 1.165) is 22.3 Å². The summed E-state index contributed by atoms with van der Waals surface area (Å²) < 4.78 is 5.52. The van der Waals surface area contributed by atoms with Crippen molar-refractivity contribution in [1.29, 1.82) is 0 Å². The van der Waals surface area contributed by atoms with Crippen molar-refractivity contribution >= 4 is 28.8 Å². The molecule has 30 heavy (non-hydrogen) atoms. The van der Waals surface area contributed by atoms with Crippen LogP contribution in [0.25, 0.3) is 22.0 Å². The Hall–Kier alpha value is -4.13. The van der Waals surface area contributed by atoms with Gasteiger partial charge in [0.2, 0.25) is 0 Å². The lowest BCUT2D eigenvalue weighted by atomic mass is 9.98. The van der Waals surface area contributed by atoms with Crippen molar-refractivity contribution in [2.45, 2.75) is 5.92 Å². The molecule has 0 atom stereocenters. The van der Waals surface area contributed by atoms with Crippen LogP contribution in [0.5, 0.6) is 0 Å². The number of hydrogen-bond acceptors (Lipinski definition) is 4. The largest absolute Gasteiger partial charge is 0.478 e. The van der Waals surface area contributed by atoms with Gasteiger partial charge >= 0.3 is 12.1 Å². The number of ether oxygens (including phenoxy) is 1. The molecule has 0 saturated carbocycles. The number of benzene rings is 3. The lowest BCUT2D eigenvalue weighted by Gasteiger charge is -2.14. The lowest BCUT2D eigenvalue weighted by molar-refractivity contribution is 0.0698. The molecule has 7 nitrogen and oxygen atoms in total. The van der Waals surface area contributed by atoms with Gasteiger partial charge in [-0.1, -0.05) is 54.6 Å². The van der Waals surface area contributed by atoms with E-state index in [1.54, 1.807) is 12.1 Å². The van der Waals surface area contributed by atoms with Crippen LogP contribution in [0.2, 0.25) is 0 Å². The van der Waals surface area contributed by atoms with Gasteiger partial charge in [-0.3, -0.25) is 10.4 Å². The molecule has 7 heteroatoms. The highest BCUT2D eigenvalue weighted by Crippen LogP contribution is 2.44. The molecule has 4 aromatic rings. The highest BCUT2D eigenvalue weighted by Gasteiger charge is 2.29. The zero-order chi connectivity index (χ0) is 20.7. The number of hydrogen-bond donors (Lipinski definition) is 3. The summed E-state index contributed by atoms with van der Waals surface area (Å²) in [5.41, 5.74) is 4.99. The second-order valence-electron chi connectivity index (χ2n) is 7.06. The number of nitrogens with zero attached hydrogens (tertiary/aromatic N) is 1. The summed E-state index contributed by atoms with van der Waals surface area (Å²) >= 11 is 0. The summed E-state index contributed by atoms with van der Waals surface area (Å²) in [6.45, 7) is 0.183. The number of carbonyl (C=O) groups excluding carboxylic acids is 1. The zero-order valence-electron chi connectivity index (χ0n) is 15.8. The predicted molar refractivity (Wildman–Crippen MR) is 112 cm³/mol. The first-order valence-corrected chi connectivity index (χ1v) is 9.46. The molecule has 0 bridgehead atoms. The number of aromatic carboxylic acids is 1.